The first-order chi connectivity index (χ1) is 12.5. The Morgan fingerprint density at radius 3 is 2.12 bits per heavy atom. The van der Waals surface area contributed by atoms with Crippen molar-refractivity contribution in [2.24, 2.45) is 34.5 Å². The molecule has 0 aromatic heterocycles. The van der Waals surface area contributed by atoms with Gasteiger partial charge < -0.3 is 0 Å². The molecule has 1 aromatic rings. The second kappa shape index (κ2) is 5.17. The third-order valence-electron chi connectivity index (χ3n) is 7.63. The normalized spacial score (nSPS) is 41.3. The van der Waals surface area contributed by atoms with Gasteiger partial charge in [0, 0.05) is 11.3 Å². The monoisotopic (exact) mass is 348 g/mol. The number of ketones is 1. The molecule has 5 aliphatic rings. The Morgan fingerprint density at radius 1 is 1.04 bits per heavy atom. The molecule has 2 unspecified atom stereocenters. The van der Waals surface area contributed by atoms with Gasteiger partial charge in [-0.3, -0.25) is 4.79 Å². The van der Waals surface area contributed by atoms with Crippen LogP contribution >= 0.6 is 0 Å². The maximum atomic E-state index is 13.7. The average Bonchev–Trinajstić information content (AvgIpc) is 3.29. The van der Waals surface area contributed by atoms with Crippen molar-refractivity contribution in [3.63, 3.8) is 0 Å². The van der Waals surface area contributed by atoms with Crippen LogP contribution in [0, 0.1) is 63.0 Å². The number of hydrogen-bond donors (Lipinski definition) is 0. The fourth-order valence-corrected chi connectivity index (χ4v) is 6.95. The van der Waals surface area contributed by atoms with E-state index < -0.39 is 17.3 Å². The van der Waals surface area contributed by atoms with E-state index in [-0.39, 0.29) is 17.0 Å². The Balaban J connectivity index is 1.52. The van der Waals surface area contributed by atoms with E-state index >= 15 is 0 Å². The first kappa shape index (κ1) is 16.0. The van der Waals surface area contributed by atoms with Crippen molar-refractivity contribution in [2.75, 3.05) is 0 Å². The van der Waals surface area contributed by atoms with Crippen LogP contribution in [-0.2, 0) is 4.79 Å². The number of Topliss-reactive ketones (excluding diaryl/α,β-unsaturated/α-hetero) is 1. The van der Waals surface area contributed by atoms with Crippen molar-refractivity contribution in [2.45, 2.75) is 44.4 Å². The molecule has 0 radical (unpaired) electrons. The Kier molecular flexibility index (Phi) is 3.18. The highest BCUT2D eigenvalue weighted by Gasteiger charge is 2.73. The molecule has 0 heterocycles. The molecule has 0 spiro atoms. The lowest BCUT2D eigenvalue weighted by atomic mass is 9.48. The van der Waals surface area contributed by atoms with Crippen LogP contribution in [0.15, 0.2) is 24.3 Å². The van der Waals surface area contributed by atoms with Gasteiger partial charge in [-0.15, -0.1) is 0 Å². The Morgan fingerprint density at radius 2 is 1.62 bits per heavy atom. The number of carbonyl (C=O) groups is 1. The van der Waals surface area contributed by atoms with E-state index in [0.717, 1.165) is 19.3 Å². The van der Waals surface area contributed by atoms with Gasteiger partial charge in [0.25, 0.3) is 0 Å². The summed E-state index contributed by atoms with van der Waals surface area (Å²) in [6, 6.07) is 10.3. The van der Waals surface area contributed by atoms with Gasteiger partial charge in [-0.1, -0.05) is 12.1 Å². The quantitative estimate of drug-likeness (QED) is 0.815. The molecule has 0 N–H and O–H groups in total. The molecule has 3 nitrogen and oxygen atoms in total. The van der Waals surface area contributed by atoms with E-state index in [2.05, 4.69) is 12.1 Å². The predicted molar refractivity (Wildman–Crippen MR) is 91.9 cm³/mol. The molecule has 4 heteroatoms. The summed E-state index contributed by atoms with van der Waals surface area (Å²) in [5, 5.41) is 19.5. The van der Waals surface area contributed by atoms with Gasteiger partial charge >= 0.3 is 0 Å². The third kappa shape index (κ3) is 1.99. The number of rotatable bonds is 3. The molecular formula is C22H21FN2O. The number of hydrogen-bond acceptors (Lipinski definition) is 3. The van der Waals surface area contributed by atoms with E-state index in [9.17, 15) is 19.7 Å². The lowest BCUT2D eigenvalue weighted by Crippen LogP contribution is -2.50. The summed E-state index contributed by atoms with van der Waals surface area (Å²) in [5.74, 6) is 0.541. The van der Waals surface area contributed by atoms with Crippen LogP contribution in [0.25, 0.3) is 0 Å². The lowest BCUT2D eigenvalue weighted by Gasteiger charge is -2.56. The Hall–Kier alpha value is -2.20. The molecule has 4 bridgehead atoms. The van der Waals surface area contributed by atoms with Crippen LogP contribution in [-0.4, -0.2) is 5.78 Å². The summed E-state index contributed by atoms with van der Waals surface area (Å²) in [5.41, 5.74) is -1.05. The molecule has 0 aliphatic heterocycles. The third-order valence-corrected chi connectivity index (χ3v) is 7.63. The van der Waals surface area contributed by atoms with Crippen LogP contribution in [0.3, 0.4) is 0 Å². The summed E-state index contributed by atoms with van der Waals surface area (Å²) >= 11 is 0. The molecule has 6 rings (SSSR count). The largest absolute Gasteiger partial charge is 0.299 e. The van der Waals surface area contributed by atoms with Crippen LogP contribution in [0.5, 0.6) is 0 Å². The smallest absolute Gasteiger partial charge is 0.161 e. The molecule has 5 aliphatic carbocycles. The first-order valence-corrected chi connectivity index (χ1v) is 9.63. The minimum atomic E-state index is -1.33. The highest BCUT2D eigenvalue weighted by Crippen LogP contribution is 2.70. The maximum absolute atomic E-state index is 13.7. The number of halogens is 1. The highest BCUT2D eigenvalue weighted by molar-refractivity contribution is 5.94. The van der Waals surface area contributed by atoms with Gasteiger partial charge in [0.1, 0.15) is 11.6 Å². The number of carbonyl (C=O) groups excluding carboxylic acids is 1. The standard InChI is InChI=1S/C22H21FN2O/c23-17-3-1-2-16(7-17)18-19(22(18,11-24)12-25)20(26)21-8-13-4-14(9-21)6-15(5-13)10-21/h1-3,7,13-15,18-19H,4-6,8-10H2. The van der Waals surface area contributed by atoms with Crippen LogP contribution in [0.1, 0.15) is 50.0 Å². The summed E-state index contributed by atoms with van der Waals surface area (Å²) in [7, 11) is 0. The summed E-state index contributed by atoms with van der Waals surface area (Å²) in [6.07, 6.45) is 6.51. The zero-order valence-corrected chi connectivity index (χ0v) is 14.6. The summed E-state index contributed by atoms with van der Waals surface area (Å²) < 4.78 is 13.7. The predicted octanol–water partition coefficient (Wildman–Crippen LogP) is 4.36. The number of nitrogens with zero attached hydrogens (tertiary/aromatic N) is 2. The van der Waals surface area contributed by atoms with Gasteiger partial charge in [-0.2, -0.15) is 10.5 Å². The van der Waals surface area contributed by atoms with Gasteiger partial charge in [0.2, 0.25) is 0 Å². The second-order valence-electron chi connectivity index (χ2n) is 9.17. The first-order valence-electron chi connectivity index (χ1n) is 9.63. The molecule has 0 amide bonds. The van der Waals surface area contributed by atoms with Crippen LogP contribution in [0.4, 0.5) is 4.39 Å². The van der Waals surface area contributed by atoms with Gasteiger partial charge in [-0.25, -0.2) is 4.39 Å². The van der Waals surface area contributed by atoms with Crippen LogP contribution < -0.4 is 0 Å². The molecular weight excluding hydrogens is 327 g/mol. The Bertz CT molecular complexity index is 828. The molecule has 26 heavy (non-hydrogen) atoms. The second-order valence-corrected chi connectivity index (χ2v) is 9.17. The van der Waals surface area contributed by atoms with E-state index in [1.807, 2.05) is 0 Å². The molecule has 2 atom stereocenters. The molecule has 132 valence electrons. The van der Waals surface area contributed by atoms with Crippen LogP contribution in [0.2, 0.25) is 0 Å². The van der Waals surface area contributed by atoms with E-state index in [4.69, 9.17) is 0 Å². The molecule has 5 fully saturated rings. The van der Waals surface area contributed by atoms with Gasteiger partial charge in [-0.05, 0) is 74.0 Å². The Labute approximate surface area is 152 Å². The van der Waals surface area contributed by atoms with E-state index in [1.54, 1.807) is 12.1 Å². The van der Waals surface area contributed by atoms with E-state index in [0.29, 0.717) is 23.3 Å². The minimum Gasteiger partial charge on any atom is -0.299 e. The average molecular weight is 348 g/mol. The topological polar surface area (TPSA) is 64.7 Å². The zero-order valence-electron chi connectivity index (χ0n) is 14.6. The molecule has 5 saturated carbocycles. The van der Waals surface area contributed by atoms with Crippen molar-refractivity contribution < 1.29 is 9.18 Å². The molecule has 1 aromatic carbocycles. The van der Waals surface area contributed by atoms with Crippen molar-refractivity contribution in [3.05, 3.63) is 35.6 Å². The minimum absolute atomic E-state index is 0.119. The van der Waals surface area contributed by atoms with Gasteiger partial charge in [0.15, 0.2) is 5.41 Å². The van der Waals surface area contributed by atoms with Crippen molar-refractivity contribution in [3.8, 4) is 12.1 Å². The summed E-state index contributed by atoms with van der Waals surface area (Å²) in [4.78, 5) is 13.7. The number of nitriles is 2. The van der Waals surface area contributed by atoms with E-state index in [1.165, 1.54) is 31.4 Å². The maximum Gasteiger partial charge on any atom is 0.161 e. The molecule has 0 saturated heterocycles. The van der Waals surface area contributed by atoms with Crippen molar-refractivity contribution in [1.82, 2.24) is 0 Å². The number of benzene rings is 1. The SMILES string of the molecule is N#CC1(C#N)C(C(=O)C23CC4CC(CC(C4)C2)C3)C1c1cccc(F)c1. The summed E-state index contributed by atoms with van der Waals surface area (Å²) in [6.45, 7) is 0. The van der Waals surface area contributed by atoms with Crippen molar-refractivity contribution in [1.29, 1.82) is 10.5 Å². The lowest BCUT2D eigenvalue weighted by molar-refractivity contribution is -0.145. The van der Waals surface area contributed by atoms with Crippen molar-refractivity contribution >= 4 is 5.78 Å². The highest BCUT2D eigenvalue weighted by atomic mass is 19.1. The fourth-order valence-electron chi connectivity index (χ4n) is 6.95. The van der Waals surface area contributed by atoms with Gasteiger partial charge in [0.05, 0.1) is 18.1 Å². The fraction of sp³-hybridized carbons (Fsp3) is 0.591. The zero-order chi connectivity index (χ0) is 18.1.